The van der Waals surface area contributed by atoms with Gasteiger partial charge in [0.15, 0.2) is 0 Å². The molecule has 1 aliphatic rings. The normalized spacial score (nSPS) is 18.7. The van der Waals surface area contributed by atoms with Gasteiger partial charge in [0.05, 0.1) is 11.5 Å². The third kappa shape index (κ3) is 4.84. The molecule has 0 spiro atoms. The predicted molar refractivity (Wildman–Crippen MR) is 102 cm³/mol. The van der Waals surface area contributed by atoms with Crippen LogP contribution in [0.5, 0.6) is 0 Å². The van der Waals surface area contributed by atoms with Gasteiger partial charge in [-0.25, -0.2) is 8.42 Å². The van der Waals surface area contributed by atoms with Gasteiger partial charge in [-0.1, -0.05) is 25.8 Å². The Balaban J connectivity index is 2.27. The lowest BCUT2D eigenvalue weighted by molar-refractivity contribution is 0.0719. The number of aliphatic hydroxyl groups is 1. The summed E-state index contributed by atoms with van der Waals surface area (Å²) in [6.45, 7) is 5.18. The highest BCUT2D eigenvalue weighted by molar-refractivity contribution is 7.89. The molecule has 1 aromatic rings. The summed E-state index contributed by atoms with van der Waals surface area (Å²) in [4.78, 5) is 14.5. The van der Waals surface area contributed by atoms with E-state index in [0.717, 1.165) is 32.1 Å². The molecule has 1 unspecified atom stereocenters. The Morgan fingerprint density at radius 2 is 2.08 bits per heavy atom. The van der Waals surface area contributed by atoms with E-state index in [1.54, 1.807) is 27.4 Å². The average molecular weight is 383 g/mol. The highest BCUT2D eigenvalue weighted by Crippen LogP contribution is 2.25. The number of hydrogen-bond donors (Lipinski definition) is 1. The number of amides is 1. The first-order valence-corrected chi connectivity index (χ1v) is 10.9. The van der Waals surface area contributed by atoms with Crippen LogP contribution in [0.2, 0.25) is 0 Å². The molecule has 26 heavy (non-hydrogen) atoms. The summed E-state index contributed by atoms with van der Waals surface area (Å²) >= 11 is 0. The van der Waals surface area contributed by atoms with Gasteiger partial charge in [-0.15, -0.1) is 0 Å². The molecule has 1 fully saturated rings. The van der Waals surface area contributed by atoms with Crippen LogP contribution in [-0.4, -0.2) is 60.9 Å². The molecule has 0 radical (unpaired) electrons. The molecule has 0 saturated carbocycles. The molecule has 146 valence electrons. The number of piperidine rings is 1. The summed E-state index contributed by atoms with van der Waals surface area (Å²) in [7, 11) is -3.61. The zero-order valence-corrected chi connectivity index (χ0v) is 16.5. The van der Waals surface area contributed by atoms with Gasteiger partial charge in [0.25, 0.3) is 5.91 Å². The summed E-state index contributed by atoms with van der Waals surface area (Å²) in [6.07, 6.45) is 4.55. The van der Waals surface area contributed by atoms with Crippen molar-refractivity contribution in [2.24, 2.45) is 0 Å². The van der Waals surface area contributed by atoms with Crippen LogP contribution in [0.1, 0.15) is 56.3 Å². The molecule has 0 aliphatic carbocycles. The third-order valence-corrected chi connectivity index (χ3v) is 6.88. The van der Waals surface area contributed by atoms with E-state index in [9.17, 15) is 18.3 Å². The molecular weight excluding hydrogens is 352 g/mol. The molecule has 0 aromatic heterocycles. The topological polar surface area (TPSA) is 77.9 Å². The Kier molecular flexibility index (Phi) is 7.61. The first-order chi connectivity index (χ1) is 12.4. The highest BCUT2D eigenvalue weighted by atomic mass is 32.2. The molecule has 7 heteroatoms. The lowest BCUT2D eigenvalue weighted by Crippen LogP contribution is -2.42. The lowest BCUT2D eigenvalue weighted by Gasteiger charge is -2.32. The quantitative estimate of drug-likeness (QED) is 0.749. The molecule has 1 amide bonds. The van der Waals surface area contributed by atoms with Gasteiger partial charge in [-0.2, -0.15) is 4.31 Å². The molecule has 2 rings (SSSR count). The largest absolute Gasteiger partial charge is 0.395 e. The summed E-state index contributed by atoms with van der Waals surface area (Å²) in [5, 5.41) is 9.22. The van der Waals surface area contributed by atoms with Gasteiger partial charge in [-0.05, 0) is 44.4 Å². The van der Waals surface area contributed by atoms with E-state index in [4.69, 9.17) is 0 Å². The van der Waals surface area contributed by atoms with Gasteiger partial charge in [0.2, 0.25) is 10.0 Å². The first-order valence-electron chi connectivity index (χ1n) is 9.43. The molecule has 6 nitrogen and oxygen atoms in total. The molecular formula is C19H30N2O4S. The Bertz CT molecular complexity index is 705. The maximum absolute atomic E-state index is 13.0. The van der Waals surface area contributed by atoms with Gasteiger partial charge >= 0.3 is 0 Å². The number of unbranched alkanes of at least 4 members (excludes halogenated alkanes) is 1. The molecule has 1 N–H and O–H groups in total. The van der Waals surface area contributed by atoms with E-state index < -0.39 is 10.0 Å². The van der Waals surface area contributed by atoms with Gasteiger partial charge < -0.3 is 10.0 Å². The average Bonchev–Trinajstić information content (AvgIpc) is 2.65. The summed E-state index contributed by atoms with van der Waals surface area (Å²) in [5.41, 5.74) is 0.347. The van der Waals surface area contributed by atoms with E-state index >= 15 is 0 Å². The molecule has 1 heterocycles. The Hall–Kier alpha value is -1.44. The number of benzene rings is 1. The van der Waals surface area contributed by atoms with Crippen LogP contribution in [0.3, 0.4) is 0 Å². The Morgan fingerprint density at radius 1 is 1.31 bits per heavy atom. The van der Waals surface area contributed by atoms with Gasteiger partial charge in [0.1, 0.15) is 0 Å². The van der Waals surface area contributed by atoms with E-state index in [1.165, 1.54) is 6.07 Å². The molecule has 1 saturated heterocycles. The number of aliphatic hydroxyl groups excluding tert-OH is 1. The number of sulfonamides is 1. The number of rotatable bonds is 8. The fourth-order valence-electron chi connectivity index (χ4n) is 3.32. The summed E-state index contributed by atoms with van der Waals surface area (Å²) in [6, 6.07) is 6.25. The number of carbonyl (C=O) groups is 1. The Labute approximate surface area is 156 Å². The third-order valence-electron chi connectivity index (χ3n) is 4.87. The zero-order chi connectivity index (χ0) is 19.2. The van der Waals surface area contributed by atoms with Crippen LogP contribution >= 0.6 is 0 Å². The van der Waals surface area contributed by atoms with Crippen molar-refractivity contribution < 1.29 is 18.3 Å². The smallest absolute Gasteiger partial charge is 0.253 e. The number of nitrogens with zero attached hydrogens (tertiary/aromatic N) is 2. The van der Waals surface area contributed by atoms with Crippen molar-refractivity contribution in [3.8, 4) is 0 Å². The highest BCUT2D eigenvalue weighted by Gasteiger charge is 2.31. The van der Waals surface area contributed by atoms with Crippen molar-refractivity contribution in [1.82, 2.24) is 9.21 Å². The number of hydrogen-bond acceptors (Lipinski definition) is 4. The van der Waals surface area contributed by atoms with Crippen molar-refractivity contribution in [2.75, 3.05) is 26.2 Å². The van der Waals surface area contributed by atoms with Crippen LogP contribution in [0.25, 0.3) is 0 Å². The zero-order valence-electron chi connectivity index (χ0n) is 15.7. The lowest BCUT2D eigenvalue weighted by atomic mass is 10.1. The SMILES string of the molecule is CCCCN(CCO)C(=O)c1cccc(S(=O)(=O)N2CCCCC2C)c1. The predicted octanol–water partition coefficient (Wildman–Crippen LogP) is 2.48. The second-order valence-electron chi connectivity index (χ2n) is 6.86. The van der Waals surface area contributed by atoms with Crippen LogP contribution in [0.4, 0.5) is 0 Å². The fraction of sp³-hybridized carbons (Fsp3) is 0.632. The van der Waals surface area contributed by atoms with Crippen LogP contribution in [0, 0.1) is 0 Å². The monoisotopic (exact) mass is 382 g/mol. The van der Waals surface area contributed by atoms with Crippen LogP contribution in [-0.2, 0) is 10.0 Å². The van der Waals surface area contributed by atoms with E-state index in [0.29, 0.717) is 18.7 Å². The van der Waals surface area contributed by atoms with Crippen molar-refractivity contribution in [3.05, 3.63) is 29.8 Å². The van der Waals surface area contributed by atoms with Gasteiger partial charge in [0, 0.05) is 31.2 Å². The second kappa shape index (κ2) is 9.48. The maximum Gasteiger partial charge on any atom is 0.253 e. The minimum absolute atomic E-state index is 0.0245. The van der Waals surface area contributed by atoms with Crippen molar-refractivity contribution >= 4 is 15.9 Å². The Morgan fingerprint density at radius 3 is 2.73 bits per heavy atom. The molecule has 0 bridgehead atoms. The molecule has 1 aliphatic heterocycles. The first kappa shape index (κ1) is 20.9. The van der Waals surface area contributed by atoms with Crippen LogP contribution < -0.4 is 0 Å². The van der Waals surface area contributed by atoms with Crippen molar-refractivity contribution in [2.45, 2.75) is 56.9 Å². The fourth-order valence-corrected chi connectivity index (χ4v) is 5.07. The van der Waals surface area contributed by atoms with Crippen molar-refractivity contribution in [1.29, 1.82) is 0 Å². The molecule has 1 aromatic carbocycles. The molecule has 1 atom stereocenters. The standard InChI is InChI=1S/C19H30N2O4S/c1-3-4-11-20(13-14-22)19(23)17-9-7-10-18(15-17)26(24,25)21-12-6-5-8-16(21)2/h7,9-10,15-16,22H,3-6,8,11-14H2,1-2H3. The van der Waals surface area contributed by atoms with E-state index in [-0.39, 0.29) is 30.0 Å². The maximum atomic E-state index is 13.0. The minimum atomic E-state index is -3.61. The summed E-state index contributed by atoms with van der Waals surface area (Å²) in [5.74, 6) is -0.240. The minimum Gasteiger partial charge on any atom is -0.395 e. The van der Waals surface area contributed by atoms with E-state index in [2.05, 4.69) is 0 Å². The summed E-state index contributed by atoms with van der Waals surface area (Å²) < 4.78 is 27.5. The second-order valence-corrected chi connectivity index (χ2v) is 8.75. The van der Waals surface area contributed by atoms with Gasteiger partial charge in [-0.3, -0.25) is 4.79 Å². The van der Waals surface area contributed by atoms with Crippen LogP contribution in [0.15, 0.2) is 29.2 Å². The van der Waals surface area contributed by atoms with E-state index in [1.807, 2.05) is 13.8 Å². The number of carbonyl (C=O) groups excluding carboxylic acids is 1. The van der Waals surface area contributed by atoms with Crippen molar-refractivity contribution in [3.63, 3.8) is 0 Å².